The van der Waals surface area contributed by atoms with Crippen LogP contribution >= 0.6 is 0 Å². The Morgan fingerprint density at radius 3 is 2.56 bits per heavy atom. The van der Waals surface area contributed by atoms with Gasteiger partial charge < -0.3 is 20.3 Å². The number of aromatic nitrogens is 4. The summed E-state index contributed by atoms with van der Waals surface area (Å²) in [5, 5.41) is 7.40. The molecule has 3 aromatic heterocycles. The normalized spacial score (nSPS) is 15.1. The van der Waals surface area contributed by atoms with E-state index in [1.165, 1.54) is 5.56 Å². The fraction of sp³-hybridized carbons (Fsp3) is 0.296. The quantitative estimate of drug-likeness (QED) is 0.408. The van der Waals surface area contributed by atoms with Crippen LogP contribution in [0.4, 0.5) is 0 Å². The van der Waals surface area contributed by atoms with Crippen LogP contribution in [0, 0.1) is 6.92 Å². The molecule has 3 N–H and O–H groups in total. The first-order chi connectivity index (χ1) is 17.5. The molecular formula is C27H28N6O3. The van der Waals surface area contributed by atoms with Gasteiger partial charge in [0.1, 0.15) is 11.4 Å². The van der Waals surface area contributed by atoms with Crippen molar-refractivity contribution in [3.8, 4) is 34.0 Å². The number of carbonyl (C=O) groups excluding carboxylic acids is 1. The second kappa shape index (κ2) is 9.96. The number of rotatable bonds is 7. The lowest BCUT2D eigenvalue weighted by Crippen LogP contribution is -2.46. The molecule has 0 aliphatic carbocycles. The van der Waals surface area contributed by atoms with Crippen LogP contribution in [0.5, 0.6) is 0 Å². The predicted molar refractivity (Wildman–Crippen MR) is 135 cm³/mol. The van der Waals surface area contributed by atoms with Crippen LogP contribution in [0.3, 0.4) is 0 Å². The molecule has 4 heterocycles. The molecule has 1 fully saturated rings. The van der Waals surface area contributed by atoms with E-state index in [-0.39, 0.29) is 5.91 Å². The maximum Gasteiger partial charge on any atom is 0.229 e. The summed E-state index contributed by atoms with van der Waals surface area (Å²) in [6.45, 7) is 3.62. The number of primary amides is 1. The molecule has 1 amide bonds. The van der Waals surface area contributed by atoms with E-state index >= 15 is 0 Å². The number of carbonyl (C=O) groups is 1. The fourth-order valence-corrected chi connectivity index (χ4v) is 4.54. The average Bonchev–Trinajstić information content (AvgIpc) is 3.40. The molecule has 1 aliphatic heterocycles. The molecule has 0 bridgehead atoms. The minimum Gasteiger partial charge on any atom is -0.381 e. The second-order valence-electron chi connectivity index (χ2n) is 8.98. The Morgan fingerprint density at radius 1 is 1.06 bits per heavy atom. The lowest BCUT2D eigenvalue weighted by atomic mass is 9.76. The number of hydrogen-bond acceptors (Lipinski definition) is 8. The number of nitrogens with zero attached hydrogens (tertiary/aromatic N) is 4. The number of nitrogens with two attached hydrogens (primary N) is 1. The number of benzene rings is 1. The van der Waals surface area contributed by atoms with E-state index in [9.17, 15) is 4.79 Å². The Balaban J connectivity index is 1.47. The SMILES string of the molecule is CNCc1ccc(-c2cc(-c3nc(-c4ccnc(C5(C(N)=O)CCOCC5)c4)cnc3C)on2)cc1. The third kappa shape index (κ3) is 4.50. The molecule has 9 heteroatoms. The third-order valence-corrected chi connectivity index (χ3v) is 6.69. The highest BCUT2D eigenvalue weighted by molar-refractivity contribution is 5.86. The Morgan fingerprint density at radius 2 is 1.83 bits per heavy atom. The molecule has 1 aromatic carbocycles. The van der Waals surface area contributed by atoms with Crippen molar-refractivity contribution in [2.24, 2.45) is 5.73 Å². The minimum absolute atomic E-state index is 0.390. The number of hydrogen-bond donors (Lipinski definition) is 2. The fourth-order valence-electron chi connectivity index (χ4n) is 4.54. The summed E-state index contributed by atoms with van der Waals surface area (Å²) in [5.41, 5.74) is 11.2. The predicted octanol–water partition coefficient (Wildman–Crippen LogP) is 3.42. The topological polar surface area (TPSA) is 129 Å². The number of pyridine rings is 1. The lowest BCUT2D eigenvalue weighted by Gasteiger charge is -2.33. The summed E-state index contributed by atoms with van der Waals surface area (Å²) < 4.78 is 11.1. The van der Waals surface area contributed by atoms with E-state index < -0.39 is 5.41 Å². The van der Waals surface area contributed by atoms with Crippen molar-refractivity contribution >= 4 is 5.91 Å². The molecule has 1 aliphatic rings. The van der Waals surface area contributed by atoms with Crippen LogP contribution in [-0.2, 0) is 21.5 Å². The molecule has 5 rings (SSSR count). The van der Waals surface area contributed by atoms with Crippen molar-refractivity contribution < 1.29 is 14.1 Å². The van der Waals surface area contributed by atoms with E-state index in [1.807, 2.05) is 44.3 Å². The molecule has 1 saturated heterocycles. The van der Waals surface area contributed by atoms with Gasteiger partial charge in [0.2, 0.25) is 5.91 Å². The Kier molecular flexibility index (Phi) is 6.58. The highest BCUT2D eigenvalue weighted by Crippen LogP contribution is 2.35. The zero-order valence-electron chi connectivity index (χ0n) is 20.3. The third-order valence-electron chi connectivity index (χ3n) is 6.69. The molecule has 0 saturated carbocycles. The summed E-state index contributed by atoms with van der Waals surface area (Å²) in [6.07, 6.45) is 4.38. The zero-order chi connectivity index (χ0) is 25.1. The number of nitrogens with one attached hydrogen (secondary N) is 1. The van der Waals surface area contributed by atoms with E-state index in [4.69, 9.17) is 20.0 Å². The van der Waals surface area contributed by atoms with Crippen LogP contribution in [0.2, 0.25) is 0 Å². The van der Waals surface area contributed by atoms with Crippen molar-refractivity contribution in [1.29, 1.82) is 0 Å². The van der Waals surface area contributed by atoms with E-state index in [1.54, 1.807) is 12.4 Å². The minimum atomic E-state index is -0.849. The first-order valence-electron chi connectivity index (χ1n) is 11.9. The lowest BCUT2D eigenvalue weighted by molar-refractivity contribution is -0.127. The monoisotopic (exact) mass is 484 g/mol. The van der Waals surface area contributed by atoms with Crippen LogP contribution in [-0.4, -0.2) is 46.3 Å². The van der Waals surface area contributed by atoms with Gasteiger partial charge in [0.15, 0.2) is 5.76 Å². The van der Waals surface area contributed by atoms with Crippen molar-refractivity contribution in [3.05, 3.63) is 71.8 Å². The average molecular weight is 485 g/mol. The summed E-state index contributed by atoms with van der Waals surface area (Å²) in [4.78, 5) is 26.3. The first kappa shape index (κ1) is 23.8. The highest BCUT2D eigenvalue weighted by atomic mass is 16.5. The van der Waals surface area contributed by atoms with Gasteiger partial charge in [-0.25, -0.2) is 4.98 Å². The van der Waals surface area contributed by atoms with Gasteiger partial charge in [-0.2, -0.15) is 0 Å². The summed E-state index contributed by atoms with van der Waals surface area (Å²) >= 11 is 0. The zero-order valence-corrected chi connectivity index (χ0v) is 20.3. The van der Waals surface area contributed by atoms with Crippen molar-refractivity contribution in [1.82, 2.24) is 25.4 Å². The van der Waals surface area contributed by atoms with Gasteiger partial charge in [0, 0.05) is 43.1 Å². The van der Waals surface area contributed by atoms with Gasteiger partial charge in [-0.05, 0) is 44.5 Å². The first-order valence-corrected chi connectivity index (χ1v) is 11.9. The molecular weight excluding hydrogens is 456 g/mol. The number of ether oxygens (including phenoxy) is 1. The van der Waals surface area contributed by atoms with Crippen molar-refractivity contribution in [2.45, 2.75) is 31.7 Å². The molecule has 9 nitrogen and oxygen atoms in total. The maximum absolute atomic E-state index is 12.5. The van der Waals surface area contributed by atoms with Gasteiger partial charge in [-0.3, -0.25) is 14.8 Å². The summed E-state index contributed by atoms with van der Waals surface area (Å²) in [7, 11) is 1.92. The molecule has 184 valence electrons. The standard InChI is InChI=1S/C27H28N6O3/c1-17-25(23-14-21(33-36-23)19-5-3-18(4-6-19)15-29-2)32-22(16-31-17)20-7-10-30-24(13-20)27(26(28)34)8-11-35-12-9-27/h3-7,10,13-14,16,29H,8-9,11-12,15H2,1-2H3,(H2,28,34). The van der Waals surface area contributed by atoms with Gasteiger partial charge >= 0.3 is 0 Å². The van der Waals surface area contributed by atoms with Gasteiger partial charge in [0.05, 0.1) is 28.7 Å². The molecule has 0 radical (unpaired) electrons. The number of aryl methyl sites for hydroxylation is 1. The van der Waals surface area contributed by atoms with Crippen molar-refractivity contribution in [2.75, 3.05) is 20.3 Å². The van der Waals surface area contributed by atoms with Crippen LogP contribution in [0.1, 0.15) is 29.8 Å². The second-order valence-corrected chi connectivity index (χ2v) is 8.98. The maximum atomic E-state index is 12.5. The van der Waals surface area contributed by atoms with Gasteiger partial charge in [-0.1, -0.05) is 29.4 Å². The largest absolute Gasteiger partial charge is 0.381 e. The van der Waals surface area contributed by atoms with Gasteiger partial charge in [0.25, 0.3) is 0 Å². The Bertz CT molecular complexity index is 1380. The van der Waals surface area contributed by atoms with Crippen LogP contribution in [0.25, 0.3) is 34.0 Å². The Hall–Kier alpha value is -3.95. The summed E-state index contributed by atoms with van der Waals surface area (Å²) in [5.74, 6) is 0.141. The Labute approximate surface area is 209 Å². The number of amides is 1. The smallest absolute Gasteiger partial charge is 0.229 e. The van der Waals surface area contributed by atoms with E-state index in [0.29, 0.717) is 48.9 Å². The molecule has 4 aromatic rings. The highest BCUT2D eigenvalue weighted by Gasteiger charge is 2.41. The summed E-state index contributed by atoms with van der Waals surface area (Å²) in [6, 6.07) is 13.8. The van der Waals surface area contributed by atoms with Gasteiger partial charge in [-0.15, -0.1) is 0 Å². The molecule has 0 spiro atoms. The van der Waals surface area contributed by atoms with Crippen LogP contribution in [0.15, 0.2) is 59.4 Å². The molecule has 36 heavy (non-hydrogen) atoms. The molecule has 0 atom stereocenters. The van der Waals surface area contributed by atoms with Crippen LogP contribution < -0.4 is 11.1 Å². The molecule has 0 unspecified atom stereocenters. The van der Waals surface area contributed by atoms with E-state index in [0.717, 1.165) is 29.1 Å². The van der Waals surface area contributed by atoms with Crippen molar-refractivity contribution in [3.63, 3.8) is 0 Å². The van der Waals surface area contributed by atoms with E-state index in [2.05, 4.69) is 32.6 Å².